The molecule has 2 N–H and O–H groups in total. The van der Waals surface area contributed by atoms with Gasteiger partial charge in [-0.2, -0.15) is 0 Å². The van der Waals surface area contributed by atoms with Gasteiger partial charge in [-0.3, -0.25) is 5.32 Å². The van der Waals surface area contributed by atoms with E-state index >= 15 is 0 Å². The quantitative estimate of drug-likeness (QED) is 0.871. The van der Waals surface area contributed by atoms with Crippen LogP contribution >= 0.6 is 11.6 Å². The molecule has 0 aromatic heterocycles. The number of hydrogen-bond donors (Lipinski definition) is 2. The zero-order chi connectivity index (χ0) is 12.6. The van der Waals surface area contributed by atoms with E-state index in [2.05, 4.69) is 5.32 Å². The predicted molar refractivity (Wildman–Crippen MR) is 62.6 cm³/mol. The Kier molecular flexibility index (Phi) is 3.10. The molecule has 0 amide bonds. The van der Waals surface area contributed by atoms with Crippen LogP contribution in [0.4, 0.5) is 4.39 Å². The van der Waals surface area contributed by atoms with Crippen molar-refractivity contribution in [2.45, 2.75) is 31.3 Å². The van der Waals surface area contributed by atoms with Gasteiger partial charge in [-0.1, -0.05) is 17.7 Å². The van der Waals surface area contributed by atoms with Crippen molar-refractivity contribution >= 4 is 17.6 Å². The van der Waals surface area contributed by atoms with Crippen molar-refractivity contribution in [1.82, 2.24) is 5.32 Å². The standard InChI is InChI=1S/C12H13ClFNO2/c1-12(11(16)17,15-8-3-4-8)9-5-2-7(14)6-10(9)13/h2,5-6,8,15H,3-4H2,1H3,(H,16,17). The molecule has 0 bridgehead atoms. The molecule has 1 aliphatic carbocycles. The fraction of sp³-hybridized carbons (Fsp3) is 0.417. The maximum atomic E-state index is 13.0. The smallest absolute Gasteiger partial charge is 0.328 e. The van der Waals surface area contributed by atoms with Crippen LogP contribution in [0.5, 0.6) is 0 Å². The predicted octanol–water partition coefficient (Wildman–Crippen LogP) is 2.53. The van der Waals surface area contributed by atoms with Gasteiger partial charge in [0.05, 0.1) is 0 Å². The molecular formula is C12H13ClFNO2. The Bertz CT molecular complexity index is 462. The summed E-state index contributed by atoms with van der Waals surface area (Å²) in [4.78, 5) is 11.4. The summed E-state index contributed by atoms with van der Waals surface area (Å²) in [6.07, 6.45) is 1.92. The number of carboxylic acids is 1. The van der Waals surface area contributed by atoms with E-state index in [9.17, 15) is 14.3 Å². The number of halogens is 2. The van der Waals surface area contributed by atoms with Gasteiger partial charge < -0.3 is 5.11 Å². The Hall–Kier alpha value is -1.13. The summed E-state index contributed by atoms with van der Waals surface area (Å²) < 4.78 is 13.0. The Balaban J connectivity index is 2.40. The van der Waals surface area contributed by atoms with E-state index in [1.54, 1.807) is 6.92 Å². The number of nitrogens with one attached hydrogen (secondary N) is 1. The maximum absolute atomic E-state index is 13.0. The first-order chi connectivity index (χ1) is 7.93. The maximum Gasteiger partial charge on any atom is 0.328 e. The number of carbonyl (C=O) groups is 1. The molecule has 92 valence electrons. The zero-order valence-electron chi connectivity index (χ0n) is 9.34. The van der Waals surface area contributed by atoms with E-state index in [0.29, 0.717) is 5.56 Å². The van der Waals surface area contributed by atoms with Gasteiger partial charge in [-0.25, -0.2) is 9.18 Å². The highest BCUT2D eigenvalue weighted by atomic mass is 35.5. The molecule has 0 aliphatic heterocycles. The molecule has 0 spiro atoms. The molecular weight excluding hydrogens is 245 g/mol. The molecule has 3 nitrogen and oxygen atoms in total. The number of rotatable bonds is 4. The van der Waals surface area contributed by atoms with Crippen molar-refractivity contribution in [2.24, 2.45) is 0 Å². The fourth-order valence-electron chi connectivity index (χ4n) is 1.79. The van der Waals surface area contributed by atoms with E-state index in [1.165, 1.54) is 12.1 Å². The molecule has 1 aliphatic rings. The van der Waals surface area contributed by atoms with Gasteiger partial charge in [0.2, 0.25) is 0 Å². The molecule has 1 unspecified atom stereocenters. The van der Waals surface area contributed by atoms with E-state index in [4.69, 9.17) is 11.6 Å². The van der Waals surface area contributed by atoms with Crippen LogP contribution in [0.2, 0.25) is 5.02 Å². The number of carboxylic acid groups (broad SMARTS) is 1. The average Bonchev–Trinajstić information content (AvgIpc) is 3.00. The normalized spacial score (nSPS) is 18.8. The van der Waals surface area contributed by atoms with Gasteiger partial charge in [-0.15, -0.1) is 0 Å². The van der Waals surface area contributed by atoms with Crippen molar-refractivity contribution < 1.29 is 14.3 Å². The van der Waals surface area contributed by atoms with Crippen molar-refractivity contribution in [2.75, 3.05) is 0 Å². The van der Waals surface area contributed by atoms with Crippen LogP contribution in [-0.4, -0.2) is 17.1 Å². The third-order valence-electron chi connectivity index (χ3n) is 2.97. The lowest BCUT2D eigenvalue weighted by molar-refractivity contribution is -0.144. The summed E-state index contributed by atoms with van der Waals surface area (Å²) in [5.41, 5.74) is -0.883. The van der Waals surface area contributed by atoms with Gasteiger partial charge in [0.1, 0.15) is 11.4 Å². The second-order valence-corrected chi connectivity index (χ2v) is 4.88. The summed E-state index contributed by atoms with van der Waals surface area (Å²) in [5.74, 6) is -1.49. The molecule has 0 heterocycles. The lowest BCUT2D eigenvalue weighted by Gasteiger charge is -2.27. The van der Waals surface area contributed by atoms with Crippen LogP contribution in [0.15, 0.2) is 18.2 Å². The van der Waals surface area contributed by atoms with Crippen LogP contribution < -0.4 is 5.32 Å². The molecule has 2 rings (SSSR count). The van der Waals surface area contributed by atoms with Crippen molar-refractivity contribution in [3.05, 3.63) is 34.6 Å². The Morgan fingerprint density at radius 3 is 2.71 bits per heavy atom. The largest absolute Gasteiger partial charge is 0.480 e. The minimum absolute atomic E-state index is 0.128. The molecule has 1 aromatic rings. The van der Waals surface area contributed by atoms with E-state index in [-0.39, 0.29) is 11.1 Å². The van der Waals surface area contributed by atoms with Crippen molar-refractivity contribution in [3.63, 3.8) is 0 Å². The molecule has 1 atom stereocenters. The van der Waals surface area contributed by atoms with Crippen molar-refractivity contribution in [3.8, 4) is 0 Å². The number of benzene rings is 1. The Morgan fingerprint density at radius 1 is 1.59 bits per heavy atom. The number of hydrogen-bond acceptors (Lipinski definition) is 2. The highest BCUT2D eigenvalue weighted by Gasteiger charge is 2.41. The topological polar surface area (TPSA) is 49.3 Å². The highest BCUT2D eigenvalue weighted by Crippen LogP contribution is 2.33. The Labute approximate surface area is 104 Å². The van der Waals surface area contributed by atoms with Crippen LogP contribution in [0.25, 0.3) is 0 Å². The average molecular weight is 258 g/mol. The van der Waals surface area contributed by atoms with Gasteiger partial charge in [0.15, 0.2) is 0 Å². The molecule has 1 fully saturated rings. The third-order valence-corrected chi connectivity index (χ3v) is 3.28. The van der Waals surface area contributed by atoms with Crippen LogP contribution in [0, 0.1) is 5.82 Å². The second-order valence-electron chi connectivity index (χ2n) is 4.47. The van der Waals surface area contributed by atoms with Gasteiger partial charge in [0, 0.05) is 16.6 Å². The summed E-state index contributed by atoms with van der Waals surface area (Å²) in [6, 6.07) is 3.97. The molecule has 1 aromatic carbocycles. The van der Waals surface area contributed by atoms with Gasteiger partial charge in [-0.05, 0) is 31.9 Å². The van der Waals surface area contributed by atoms with E-state index in [1.807, 2.05) is 0 Å². The second kappa shape index (κ2) is 4.27. The molecule has 5 heteroatoms. The van der Waals surface area contributed by atoms with Crippen LogP contribution in [0.1, 0.15) is 25.3 Å². The summed E-state index contributed by atoms with van der Waals surface area (Å²) >= 11 is 5.92. The summed E-state index contributed by atoms with van der Waals surface area (Å²) in [5, 5.41) is 12.5. The summed E-state index contributed by atoms with van der Waals surface area (Å²) in [7, 11) is 0. The SMILES string of the molecule is CC(NC1CC1)(C(=O)O)c1ccc(F)cc1Cl. The monoisotopic (exact) mass is 257 g/mol. The van der Waals surface area contributed by atoms with E-state index in [0.717, 1.165) is 18.9 Å². The fourth-order valence-corrected chi connectivity index (χ4v) is 2.14. The minimum Gasteiger partial charge on any atom is -0.480 e. The van der Waals surface area contributed by atoms with Crippen LogP contribution in [-0.2, 0) is 10.3 Å². The lowest BCUT2D eigenvalue weighted by Crippen LogP contribution is -2.48. The van der Waals surface area contributed by atoms with Gasteiger partial charge in [0.25, 0.3) is 0 Å². The molecule has 1 saturated carbocycles. The molecule has 0 radical (unpaired) electrons. The van der Waals surface area contributed by atoms with Crippen molar-refractivity contribution in [1.29, 1.82) is 0 Å². The third kappa shape index (κ3) is 2.42. The zero-order valence-corrected chi connectivity index (χ0v) is 10.1. The summed E-state index contributed by atoms with van der Waals surface area (Å²) in [6.45, 7) is 1.55. The Morgan fingerprint density at radius 2 is 2.24 bits per heavy atom. The first kappa shape index (κ1) is 12.3. The lowest BCUT2D eigenvalue weighted by atomic mass is 9.91. The molecule has 0 saturated heterocycles. The minimum atomic E-state index is -1.27. The number of aliphatic carboxylic acids is 1. The van der Waals surface area contributed by atoms with Gasteiger partial charge >= 0.3 is 5.97 Å². The van der Waals surface area contributed by atoms with Crippen LogP contribution in [0.3, 0.4) is 0 Å². The highest BCUT2D eigenvalue weighted by molar-refractivity contribution is 6.31. The molecule has 17 heavy (non-hydrogen) atoms. The van der Waals surface area contributed by atoms with E-state index < -0.39 is 17.3 Å². The first-order valence-corrected chi connectivity index (χ1v) is 5.78. The first-order valence-electron chi connectivity index (χ1n) is 5.40.